The summed E-state index contributed by atoms with van der Waals surface area (Å²) in [7, 11) is -3.47. The van der Waals surface area contributed by atoms with Crippen molar-refractivity contribution in [1.82, 2.24) is 0 Å². The molecule has 0 amide bonds. The van der Waals surface area contributed by atoms with Crippen molar-refractivity contribution in [2.45, 2.75) is 0 Å². The zero-order valence-corrected chi connectivity index (χ0v) is 8.90. The van der Waals surface area contributed by atoms with E-state index in [0.717, 1.165) is 0 Å². The molecule has 0 bridgehead atoms. The van der Waals surface area contributed by atoms with Crippen LogP contribution >= 0.6 is 15.9 Å². The first-order chi connectivity index (χ1) is 6.05. The number of anilines is 1. The Morgan fingerprint density at radius 3 is 2.54 bits per heavy atom. The number of para-hydroxylation sites is 1. The third kappa shape index (κ3) is 2.96. The van der Waals surface area contributed by atoms with Crippen molar-refractivity contribution < 1.29 is 12.8 Å². The van der Waals surface area contributed by atoms with E-state index in [-0.39, 0.29) is 10.3 Å². The van der Waals surface area contributed by atoms with Gasteiger partial charge in [0.15, 0.2) is 0 Å². The number of alkyl halides is 1. The SMILES string of the molecule is O=S(=O)(CBr)Nc1ccccc1F. The number of hydrogen-bond acceptors (Lipinski definition) is 2. The van der Waals surface area contributed by atoms with Crippen LogP contribution < -0.4 is 4.72 Å². The summed E-state index contributed by atoms with van der Waals surface area (Å²) in [6, 6.07) is 5.58. The molecule has 72 valence electrons. The van der Waals surface area contributed by atoms with Crippen LogP contribution in [0.5, 0.6) is 0 Å². The van der Waals surface area contributed by atoms with Crippen LogP contribution in [0.1, 0.15) is 0 Å². The molecular formula is C7H7BrFNO2S. The minimum absolute atomic E-state index is 0.0399. The highest BCUT2D eigenvalue weighted by molar-refractivity contribution is 9.10. The Balaban J connectivity index is 2.93. The fraction of sp³-hybridized carbons (Fsp3) is 0.143. The molecule has 0 aromatic heterocycles. The highest BCUT2D eigenvalue weighted by Crippen LogP contribution is 2.14. The van der Waals surface area contributed by atoms with Gasteiger partial charge in [0.25, 0.3) is 0 Å². The highest BCUT2D eigenvalue weighted by Gasteiger charge is 2.09. The normalized spacial score (nSPS) is 11.2. The van der Waals surface area contributed by atoms with Gasteiger partial charge >= 0.3 is 0 Å². The Labute approximate surface area is 84.1 Å². The smallest absolute Gasteiger partial charge is 0.242 e. The summed E-state index contributed by atoms with van der Waals surface area (Å²) in [5, 5.41) is 0. The molecule has 0 aliphatic heterocycles. The molecule has 1 aromatic rings. The lowest BCUT2D eigenvalue weighted by Gasteiger charge is -2.05. The van der Waals surface area contributed by atoms with Crippen molar-refractivity contribution in [2.75, 3.05) is 9.38 Å². The lowest BCUT2D eigenvalue weighted by Crippen LogP contribution is -2.14. The van der Waals surface area contributed by atoms with Gasteiger partial charge in [0, 0.05) is 0 Å². The van der Waals surface area contributed by atoms with Crippen molar-refractivity contribution >= 4 is 31.6 Å². The standard InChI is InChI=1S/C7H7BrFNO2S/c8-5-13(11,12)10-7-4-2-1-3-6(7)9/h1-4,10H,5H2. The van der Waals surface area contributed by atoms with Crippen molar-refractivity contribution in [1.29, 1.82) is 0 Å². The van der Waals surface area contributed by atoms with Gasteiger partial charge in [-0.1, -0.05) is 28.1 Å². The summed E-state index contributed by atoms with van der Waals surface area (Å²) in [5.41, 5.74) is -0.0399. The van der Waals surface area contributed by atoms with Crippen LogP contribution in [0, 0.1) is 5.82 Å². The average molecular weight is 268 g/mol. The van der Waals surface area contributed by atoms with Gasteiger partial charge in [0.1, 0.15) is 10.5 Å². The molecule has 0 saturated heterocycles. The van der Waals surface area contributed by atoms with Crippen LogP contribution in [0.25, 0.3) is 0 Å². The first-order valence-corrected chi connectivity index (χ1v) is 6.13. The van der Waals surface area contributed by atoms with Crippen LogP contribution in [0.15, 0.2) is 24.3 Å². The summed E-state index contributed by atoms with van der Waals surface area (Å²) >= 11 is 2.78. The summed E-state index contributed by atoms with van der Waals surface area (Å²) in [4.78, 5) is 0. The largest absolute Gasteiger partial charge is 0.280 e. The van der Waals surface area contributed by atoms with Crippen LogP contribution in [-0.2, 0) is 10.0 Å². The second-order valence-corrected chi connectivity index (χ2v) is 5.33. The molecule has 1 rings (SSSR count). The Hall–Kier alpha value is -0.620. The maximum absolute atomic E-state index is 12.9. The lowest BCUT2D eigenvalue weighted by atomic mass is 10.3. The van der Waals surface area contributed by atoms with E-state index >= 15 is 0 Å². The van der Waals surface area contributed by atoms with Crippen LogP contribution in [0.4, 0.5) is 10.1 Å². The second-order valence-electron chi connectivity index (χ2n) is 2.31. The van der Waals surface area contributed by atoms with Gasteiger partial charge < -0.3 is 0 Å². The number of hydrogen-bond donors (Lipinski definition) is 1. The Morgan fingerprint density at radius 2 is 2.00 bits per heavy atom. The molecule has 0 saturated carbocycles. The number of rotatable bonds is 3. The number of nitrogens with one attached hydrogen (secondary N) is 1. The number of sulfonamides is 1. The molecule has 1 aromatic carbocycles. The molecule has 0 unspecified atom stereocenters. The van der Waals surface area contributed by atoms with Crippen LogP contribution in [0.2, 0.25) is 0 Å². The summed E-state index contributed by atoms with van der Waals surface area (Å²) < 4.78 is 36.7. The van der Waals surface area contributed by atoms with Crippen LogP contribution in [0.3, 0.4) is 0 Å². The quantitative estimate of drug-likeness (QED) is 0.851. The summed E-state index contributed by atoms with van der Waals surface area (Å²) in [6.07, 6.45) is 0. The number of benzene rings is 1. The van der Waals surface area contributed by atoms with Gasteiger partial charge in [-0.2, -0.15) is 0 Å². The van der Waals surface area contributed by atoms with Crippen molar-refractivity contribution in [3.8, 4) is 0 Å². The van der Waals surface area contributed by atoms with E-state index in [9.17, 15) is 12.8 Å². The Morgan fingerprint density at radius 1 is 1.38 bits per heavy atom. The van der Waals surface area contributed by atoms with Crippen molar-refractivity contribution in [3.05, 3.63) is 30.1 Å². The molecule has 0 fully saturated rings. The van der Waals surface area contributed by atoms with Gasteiger partial charge in [-0.25, -0.2) is 12.8 Å². The van der Waals surface area contributed by atoms with Crippen LogP contribution in [-0.4, -0.2) is 13.1 Å². The van der Waals surface area contributed by atoms with Crippen molar-refractivity contribution in [3.63, 3.8) is 0 Å². The van der Waals surface area contributed by atoms with Gasteiger partial charge in [0.2, 0.25) is 10.0 Å². The Bertz CT molecular complexity index is 393. The minimum Gasteiger partial charge on any atom is -0.280 e. The maximum Gasteiger partial charge on any atom is 0.242 e. The first-order valence-electron chi connectivity index (χ1n) is 3.36. The van der Waals surface area contributed by atoms with E-state index in [1.165, 1.54) is 18.2 Å². The number of halogens is 2. The van der Waals surface area contributed by atoms with E-state index < -0.39 is 15.8 Å². The third-order valence-corrected chi connectivity index (χ3v) is 3.91. The maximum atomic E-state index is 12.9. The molecule has 0 spiro atoms. The lowest BCUT2D eigenvalue weighted by molar-refractivity contribution is 0.603. The van der Waals surface area contributed by atoms with E-state index in [1.54, 1.807) is 6.07 Å². The van der Waals surface area contributed by atoms with E-state index in [2.05, 4.69) is 20.7 Å². The van der Waals surface area contributed by atoms with E-state index in [1.807, 2.05) is 0 Å². The van der Waals surface area contributed by atoms with E-state index in [0.29, 0.717) is 0 Å². The van der Waals surface area contributed by atoms with E-state index in [4.69, 9.17) is 0 Å². The Kier molecular flexibility index (Phi) is 3.27. The summed E-state index contributed by atoms with van der Waals surface area (Å²) in [5.74, 6) is -0.591. The minimum atomic E-state index is -3.47. The monoisotopic (exact) mass is 267 g/mol. The molecule has 0 heterocycles. The fourth-order valence-corrected chi connectivity index (χ4v) is 1.64. The molecule has 0 aliphatic rings. The predicted molar refractivity (Wildman–Crippen MR) is 52.7 cm³/mol. The zero-order chi connectivity index (χ0) is 9.90. The topological polar surface area (TPSA) is 46.2 Å². The fourth-order valence-electron chi connectivity index (χ4n) is 0.739. The summed E-state index contributed by atoms with van der Waals surface area (Å²) in [6.45, 7) is 0. The van der Waals surface area contributed by atoms with Gasteiger partial charge in [-0.3, -0.25) is 4.72 Å². The highest BCUT2D eigenvalue weighted by atomic mass is 79.9. The molecule has 6 heteroatoms. The molecule has 3 nitrogen and oxygen atoms in total. The predicted octanol–water partition coefficient (Wildman–Crippen LogP) is 1.92. The molecular weight excluding hydrogens is 261 g/mol. The zero-order valence-electron chi connectivity index (χ0n) is 6.50. The van der Waals surface area contributed by atoms with Crippen molar-refractivity contribution in [2.24, 2.45) is 0 Å². The molecule has 0 radical (unpaired) electrons. The van der Waals surface area contributed by atoms with Gasteiger partial charge in [0.05, 0.1) is 5.69 Å². The molecule has 13 heavy (non-hydrogen) atoms. The molecule has 0 atom stereocenters. The van der Waals surface area contributed by atoms with Gasteiger partial charge in [-0.05, 0) is 12.1 Å². The molecule has 1 N–H and O–H groups in total. The third-order valence-electron chi connectivity index (χ3n) is 1.28. The van der Waals surface area contributed by atoms with Gasteiger partial charge in [-0.15, -0.1) is 0 Å². The average Bonchev–Trinajstić information content (AvgIpc) is 2.09. The first kappa shape index (κ1) is 10.5. The molecule has 0 aliphatic carbocycles. The second kappa shape index (κ2) is 4.06.